The van der Waals surface area contributed by atoms with E-state index in [1.54, 1.807) is 50.2 Å². The number of nitrogens with one attached hydrogen (secondary N) is 3. The van der Waals surface area contributed by atoms with E-state index in [1.165, 1.54) is 0 Å². The first-order valence-corrected chi connectivity index (χ1v) is 15.3. The second-order valence-electron chi connectivity index (χ2n) is 11.2. The lowest BCUT2D eigenvalue weighted by Gasteiger charge is -2.31. The first-order valence-electron chi connectivity index (χ1n) is 15.3. The van der Waals surface area contributed by atoms with Gasteiger partial charge in [0.1, 0.15) is 30.2 Å². The van der Waals surface area contributed by atoms with Crippen LogP contribution in [-0.4, -0.2) is 74.0 Å². The molecule has 10 nitrogen and oxygen atoms in total. The van der Waals surface area contributed by atoms with Gasteiger partial charge in [0.15, 0.2) is 0 Å². The number of likely N-dealkylation sites (N-methyl/N-ethyl adjacent to an activating group) is 1. The fourth-order valence-corrected chi connectivity index (χ4v) is 5.26. The Hall–Kier alpha value is -4.86. The second kappa shape index (κ2) is 16.3. The minimum atomic E-state index is -0.974. The molecule has 1 heterocycles. The molecule has 45 heavy (non-hydrogen) atoms. The molecule has 0 aliphatic carbocycles. The van der Waals surface area contributed by atoms with Crippen molar-refractivity contribution in [3.8, 4) is 11.5 Å². The van der Waals surface area contributed by atoms with E-state index in [2.05, 4.69) is 16.0 Å². The third-order valence-corrected chi connectivity index (χ3v) is 7.88. The molecule has 3 aromatic carbocycles. The maximum atomic E-state index is 13.5. The van der Waals surface area contributed by atoms with Crippen molar-refractivity contribution < 1.29 is 28.7 Å². The van der Waals surface area contributed by atoms with Crippen LogP contribution >= 0.6 is 0 Å². The molecule has 4 rings (SSSR count). The van der Waals surface area contributed by atoms with E-state index in [0.29, 0.717) is 25.1 Å². The number of nitrogens with zero attached hydrogens (tertiary/aromatic N) is 1. The highest BCUT2D eigenvalue weighted by Crippen LogP contribution is 2.21. The lowest BCUT2D eigenvalue weighted by molar-refractivity contribution is -0.137. The van der Waals surface area contributed by atoms with Gasteiger partial charge in [-0.1, -0.05) is 54.6 Å². The molecule has 0 bridgehead atoms. The molecule has 3 N–H and O–H groups in total. The molecule has 238 valence electrons. The van der Waals surface area contributed by atoms with Crippen molar-refractivity contribution in [3.63, 3.8) is 0 Å². The summed E-state index contributed by atoms with van der Waals surface area (Å²) >= 11 is 0. The average Bonchev–Trinajstić information content (AvgIpc) is 3.06. The summed E-state index contributed by atoms with van der Waals surface area (Å²) in [5.41, 5.74) is 2.36. The summed E-state index contributed by atoms with van der Waals surface area (Å²) in [7, 11) is 3.30. The Balaban J connectivity index is 1.50. The van der Waals surface area contributed by atoms with Gasteiger partial charge in [0.2, 0.25) is 17.7 Å². The Morgan fingerprint density at radius 3 is 2.49 bits per heavy atom. The van der Waals surface area contributed by atoms with E-state index in [1.807, 2.05) is 54.6 Å². The SMILES string of the molecule is COc1cccc(CCCNC(=O)[C@@H]2CCC(=O)N[C@@H](C)C(=O)N(C)[C@H](Cc3ccccc3)COc3ccccc3C(=O)N2)c1. The van der Waals surface area contributed by atoms with E-state index in [9.17, 15) is 19.2 Å². The fraction of sp³-hybridized carbons (Fsp3) is 0.371. The number of hydrogen-bond acceptors (Lipinski definition) is 6. The van der Waals surface area contributed by atoms with E-state index in [-0.39, 0.29) is 42.9 Å². The van der Waals surface area contributed by atoms with Crippen molar-refractivity contribution >= 4 is 23.6 Å². The quantitative estimate of drug-likeness (QED) is 0.335. The second-order valence-corrected chi connectivity index (χ2v) is 11.2. The van der Waals surface area contributed by atoms with Gasteiger partial charge < -0.3 is 30.3 Å². The van der Waals surface area contributed by atoms with Crippen LogP contribution < -0.4 is 25.4 Å². The molecular formula is C35H42N4O6. The highest BCUT2D eigenvalue weighted by molar-refractivity contribution is 5.99. The first-order chi connectivity index (χ1) is 21.7. The van der Waals surface area contributed by atoms with Gasteiger partial charge in [0, 0.05) is 20.0 Å². The van der Waals surface area contributed by atoms with Crippen LogP contribution in [0.3, 0.4) is 0 Å². The van der Waals surface area contributed by atoms with Crippen LogP contribution in [0.4, 0.5) is 0 Å². The number of amides is 4. The number of carbonyl (C=O) groups excluding carboxylic acids is 4. The Morgan fingerprint density at radius 1 is 0.978 bits per heavy atom. The highest BCUT2D eigenvalue weighted by atomic mass is 16.5. The summed E-state index contributed by atoms with van der Waals surface area (Å²) < 4.78 is 11.5. The van der Waals surface area contributed by atoms with Crippen molar-refractivity contribution in [2.75, 3.05) is 27.3 Å². The highest BCUT2D eigenvalue weighted by Gasteiger charge is 2.29. The molecule has 1 aliphatic rings. The van der Waals surface area contributed by atoms with Crippen molar-refractivity contribution in [3.05, 3.63) is 95.6 Å². The van der Waals surface area contributed by atoms with Gasteiger partial charge in [-0.15, -0.1) is 0 Å². The van der Waals surface area contributed by atoms with Gasteiger partial charge in [0.05, 0.1) is 18.7 Å². The molecule has 4 amide bonds. The molecule has 10 heteroatoms. The minimum absolute atomic E-state index is 0.0513. The topological polar surface area (TPSA) is 126 Å². The summed E-state index contributed by atoms with van der Waals surface area (Å²) in [6.07, 6.45) is 1.91. The number of fused-ring (bicyclic) bond motifs is 1. The number of aryl methyl sites for hydroxylation is 1. The van der Waals surface area contributed by atoms with E-state index in [0.717, 1.165) is 23.3 Å². The van der Waals surface area contributed by atoms with E-state index < -0.39 is 23.9 Å². The van der Waals surface area contributed by atoms with Crippen molar-refractivity contribution in [1.29, 1.82) is 0 Å². The van der Waals surface area contributed by atoms with Crippen LogP contribution in [0.2, 0.25) is 0 Å². The van der Waals surface area contributed by atoms with E-state index >= 15 is 0 Å². The number of rotatable bonds is 8. The standard InChI is InChI=1S/C35H42N4O6/c1-24-35(43)39(2)27(21-25-11-5-4-6-12-25)23-45-31-17-8-7-16-29(31)33(41)38-30(18-19-32(40)37-24)34(42)36-20-10-14-26-13-9-15-28(22-26)44-3/h4-9,11-13,15-17,22,24,27,30H,10,14,18-21,23H2,1-3H3,(H,36,42)(H,37,40)(H,38,41)/t24-,27+,30-/m0/s1. The van der Waals surface area contributed by atoms with Crippen LogP contribution in [0.15, 0.2) is 78.9 Å². The maximum Gasteiger partial charge on any atom is 0.255 e. The fourth-order valence-electron chi connectivity index (χ4n) is 5.26. The van der Waals surface area contributed by atoms with Gasteiger partial charge in [-0.25, -0.2) is 0 Å². The Morgan fingerprint density at radius 2 is 1.71 bits per heavy atom. The third kappa shape index (κ3) is 9.56. The molecule has 0 unspecified atom stereocenters. The van der Waals surface area contributed by atoms with Crippen molar-refractivity contribution in [2.24, 2.45) is 0 Å². The van der Waals surface area contributed by atoms with Crippen LogP contribution in [0, 0.1) is 0 Å². The third-order valence-electron chi connectivity index (χ3n) is 7.88. The molecule has 0 saturated heterocycles. The van der Waals surface area contributed by atoms with Gasteiger partial charge >= 0.3 is 0 Å². The lowest BCUT2D eigenvalue weighted by atomic mass is 10.0. The molecule has 0 fully saturated rings. The zero-order valence-corrected chi connectivity index (χ0v) is 26.1. The monoisotopic (exact) mass is 614 g/mol. The Labute approximate surface area is 264 Å². The van der Waals surface area contributed by atoms with Gasteiger partial charge in [-0.05, 0) is 68.0 Å². The molecule has 0 saturated carbocycles. The van der Waals surface area contributed by atoms with Gasteiger partial charge in [-0.2, -0.15) is 0 Å². The molecule has 3 aromatic rings. The predicted octanol–water partition coefficient (Wildman–Crippen LogP) is 3.29. The first kappa shape index (κ1) is 33.0. The van der Waals surface area contributed by atoms with Crippen molar-refractivity contribution in [2.45, 2.75) is 57.2 Å². The van der Waals surface area contributed by atoms with Gasteiger partial charge in [-0.3, -0.25) is 19.2 Å². The smallest absolute Gasteiger partial charge is 0.255 e. The minimum Gasteiger partial charge on any atom is -0.497 e. The summed E-state index contributed by atoms with van der Waals surface area (Å²) in [5, 5.41) is 8.46. The van der Waals surface area contributed by atoms with E-state index in [4.69, 9.17) is 9.47 Å². The molecule has 0 spiro atoms. The normalized spacial score (nSPS) is 19.6. The van der Waals surface area contributed by atoms with Crippen LogP contribution in [-0.2, 0) is 27.2 Å². The number of ether oxygens (including phenoxy) is 2. The zero-order valence-electron chi connectivity index (χ0n) is 26.1. The molecule has 1 aliphatic heterocycles. The number of carbonyl (C=O) groups is 4. The van der Waals surface area contributed by atoms with Crippen molar-refractivity contribution in [1.82, 2.24) is 20.9 Å². The zero-order chi connectivity index (χ0) is 32.2. The molecular weight excluding hydrogens is 572 g/mol. The predicted molar refractivity (Wildman–Crippen MR) is 171 cm³/mol. The number of para-hydroxylation sites is 1. The lowest BCUT2D eigenvalue weighted by Crippen LogP contribution is -2.51. The summed E-state index contributed by atoms with van der Waals surface area (Å²) in [5.74, 6) is -0.433. The molecule has 0 radical (unpaired) electrons. The Kier molecular flexibility index (Phi) is 12.0. The molecule has 3 atom stereocenters. The number of benzene rings is 3. The average molecular weight is 615 g/mol. The summed E-state index contributed by atoms with van der Waals surface area (Å²) in [6.45, 7) is 2.13. The van der Waals surface area contributed by atoms with Crippen LogP contribution in [0.5, 0.6) is 11.5 Å². The number of hydrogen-bond donors (Lipinski definition) is 3. The largest absolute Gasteiger partial charge is 0.497 e. The summed E-state index contributed by atoms with van der Waals surface area (Å²) in [4.78, 5) is 54.7. The number of methoxy groups -OCH3 is 1. The molecule has 0 aromatic heterocycles. The van der Waals surface area contributed by atoms with Crippen LogP contribution in [0.1, 0.15) is 47.7 Å². The van der Waals surface area contributed by atoms with Gasteiger partial charge in [0.25, 0.3) is 5.91 Å². The maximum absolute atomic E-state index is 13.5. The van der Waals surface area contributed by atoms with Crippen LogP contribution in [0.25, 0.3) is 0 Å². The summed E-state index contributed by atoms with van der Waals surface area (Å²) in [6, 6.07) is 22.1. The Bertz CT molecular complexity index is 1460.